The fourth-order valence-corrected chi connectivity index (χ4v) is 2.37. The second-order valence-electron chi connectivity index (χ2n) is 5.96. The summed E-state index contributed by atoms with van der Waals surface area (Å²) in [5.74, 6) is -0.722. The number of rotatable bonds is 8. The van der Waals surface area contributed by atoms with Gasteiger partial charge >= 0.3 is 11.9 Å². The van der Waals surface area contributed by atoms with E-state index in [0.29, 0.717) is 11.1 Å². The van der Waals surface area contributed by atoms with Crippen molar-refractivity contribution in [2.24, 2.45) is 0 Å². The molecule has 0 heterocycles. The van der Waals surface area contributed by atoms with E-state index in [4.69, 9.17) is 14.2 Å². The highest BCUT2D eigenvalue weighted by molar-refractivity contribution is 5.91. The average Bonchev–Trinajstić information content (AvgIpc) is 2.65. The zero-order valence-electron chi connectivity index (χ0n) is 14.6. The summed E-state index contributed by atoms with van der Waals surface area (Å²) in [5.41, 5.74) is 1.09. The number of hydrogen-bond donors (Lipinski definition) is 0. The highest BCUT2D eigenvalue weighted by Gasteiger charge is 2.15. The average molecular weight is 344 g/mol. The third-order valence-corrected chi connectivity index (χ3v) is 3.60. The minimum atomic E-state index is -0.383. The van der Waals surface area contributed by atoms with Crippen molar-refractivity contribution < 1.29 is 23.8 Å². The fourth-order valence-electron chi connectivity index (χ4n) is 2.37. The zero-order valence-corrected chi connectivity index (χ0v) is 14.6. The minimum absolute atomic E-state index is 0.139. The van der Waals surface area contributed by atoms with Gasteiger partial charge in [0.05, 0.1) is 23.3 Å². The Hall–Kier alpha value is -2.40. The van der Waals surface area contributed by atoms with E-state index in [0.717, 1.165) is 12.8 Å². The predicted molar refractivity (Wildman–Crippen MR) is 94.1 cm³/mol. The first-order valence-electron chi connectivity index (χ1n) is 8.47. The third kappa shape index (κ3) is 6.55. The fraction of sp³-hybridized carbons (Fsp3) is 0.400. The van der Waals surface area contributed by atoms with Crippen LogP contribution in [0.3, 0.4) is 0 Å². The van der Waals surface area contributed by atoms with Crippen molar-refractivity contribution in [2.45, 2.75) is 38.9 Å². The largest absolute Gasteiger partial charge is 0.459 e. The van der Waals surface area contributed by atoms with Gasteiger partial charge in [-0.15, -0.1) is 0 Å². The summed E-state index contributed by atoms with van der Waals surface area (Å²) in [6.45, 7) is 3.91. The molecule has 0 aliphatic heterocycles. The SMILES string of the molecule is CC(COC(=O)C1=CCCC=C1)OC(C)COC(=O)c1ccccc1. The normalized spacial score (nSPS) is 15.8. The van der Waals surface area contributed by atoms with Crippen LogP contribution in [0.15, 0.2) is 54.1 Å². The molecule has 0 bridgehead atoms. The van der Waals surface area contributed by atoms with Gasteiger partial charge < -0.3 is 14.2 Å². The summed E-state index contributed by atoms with van der Waals surface area (Å²) in [6, 6.07) is 8.80. The molecule has 0 amide bonds. The molecule has 0 spiro atoms. The van der Waals surface area contributed by atoms with Crippen LogP contribution in [0.25, 0.3) is 0 Å². The molecule has 1 aliphatic rings. The first kappa shape index (κ1) is 18.9. The second kappa shape index (κ2) is 9.79. The maximum atomic E-state index is 11.9. The van der Waals surface area contributed by atoms with E-state index in [9.17, 15) is 9.59 Å². The minimum Gasteiger partial charge on any atom is -0.459 e. The van der Waals surface area contributed by atoms with Crippen molar-refractivity contribution in [2.75, 3.05) is 13.2 Å². The molecule has 0 saturated carbocycles. The molecule has 0 aromatic heterocycles. The molecule has 2 atom stereocenters. The predicted octanol–water partition coefficient (Wildman–Crippen LogP) is 3.46. The van der Waals surface area contributed by atoms with Gasteiger partial charge in [-0.1, -0.05) is 36.4 Å². The molecule has 0 radical (unpaired) electrons. The molecular formula is C20H24O5. The number of esters is 2. The van der Waals surface area contributed by atoms with E-state index in [-0.39, 0.29) is 37.4 Å². The maximum Gasteiger partial charge on any atom is 0.338 e. The van der Waals surface area contributed by atoms with Gasteiger partial charge in [-0.3, -0.25) is 0 Å². The number of carbonyl (C=O) groups excluding carboxylic acids is 2. The van der Waals surface area contributed by atoms with E-state index in [1.807, 2.05) is 32.1 Å². The summed E-state index contributed by atoms with van der Waals surface area (Å²) < 4.78 is 16.2. The van der Waals surface area contributed by atoms with Crippen LogP contribution in [0.5, 0.6) is 0 Å². The quantitative estimate of drug-likeness (QED) is 0.676. The van der Waals surface area contributed by atoms with Crippen molar-refractivity contribution >= 4 is 11.9 Å². The van der Waals surface area contributed by atoms with Crippen LogP contribution >= 0.6 is 0 Å². The van der Waals surface area contributed by atoms with E-state index >= 15 is 0 Å². The van der Waals surface area contributed by atoms with Crippen molar-refractivity contribution in [1.29, 1.82) is 0 Å². The van der Waals surface area contributed by atoms with Crippen LogP contribution in [0.2, 0.25) is 0 Å². The molecule has 2 rings (SSSR count). The molecule has 1 aromatic carbocycles. The van der Waals surface area contributed by atoms with Crippen molar-refractivity contribution in [3.63, 3.8) is 0 Å². The standard InChI is InChI=1S/C20H24O5/c1-15(13-23-19(21)17-9-5-3-6-10-17)25-16(2)14-24-20(22)18-11-7-4-8-12-18/h3,5-7,9-12,15-16H,4,8,13-14H2,1-2H3. The van der Waals surface area contributed by atoms with E-state index in [2.05, 4.69) is 0 Å². The first-order chi connectivity index (χ1) is 12.1. The van der Waals surface area contributed by atoms with Crippen LogP contribution in [0.4, 0.5) is 0 Å². The van der Waals surface area contributed by atoms with Crippen LogP contribution in [0.1, 0.15) is 37.0 Å². The summed E-state index contributed by atoms with van der Waals surface area (Å²) >= 11 is 0. The van der Waals surface area contributed by atoms with Gasteiger partial charge in [0.25, 0.3) is 0 Å². The highest BCUT2D eigenvalue weighted by atomic mass is 16.6. The van der Waals surface area contributed by atoms with E-state index < -0.39 is 0 Å². The summed E-state index contributed by atoms with van der Waals surface area (Å²) in [6.07, 6.45) is 6.84. The summed E-state index contributed by atoms with van der Waals surface area (Å²) in [7, 11) is 0. The summed E-state index contributed by atoms with van der Waals surface area (Å²) in [4.78, 5) is 23.8. The van der Waals surface area contributed by atoms with Crippen LogP contribution in [-0.2, 0) is 19.0 Å². The zero-order chi connectivity index (χ0) is 18.1. The number of allylic oxidation sites excluding steroid dienone is 2. The molecule has 0 N–H and O–H groups in total. The second-order valence-corrected chi connectivity index (χ2v) is 5.96. The number of carbonyl (C=O) groups is 2. The topological polar surface area (TPSA) is 61.8 Å². The number of hydrogen-bond acceptors (Lipinski definition) is 5. The lowest BCUT2D eigenvalue weighted by molar-refractivity contribution is -0.144. The lowest BCUT2D eigenvalue weighted by Crippen LogP contribution is -2.27. The lowest BCUT2D eigenvalue weighted by Gasteiger charge is -2.19. The molecule has 0 fully saturated rings. The Morgan fingerprint density at radius 2 is 1.60 bits per heavy atom. The van der Waals surface area contributed by atoms with Gasteiger partial charge in [-0.05, 0) is 38.8 Å². The summed E-state index contributed by atoms with van der Waals surface area (Å²) in [5, 5.41) is 0. The molecule has 5 heteroatoms. The number of benzene rings is 1. The van der Waals surface area contributed by atoms with E-state index in [1.165, 1.54) is 0 Å². The molecular weight excluding hydrogens is 320 g/mol. The highest BCUT2D eigenvalue weighted by Crippen LogP contribution is 2.12. The molecule has 2 unspecified atom stereocenters. The van der Waals surface area contributed by atoms with Gasteiger partial charge in [-0.2, -0.15) is 0 Å². The lowest BCUT2D eigenvalue weighted by atomic mass is 10.1. The monoisotopic (exact) mass is 344 g/mol. The Morgan fingerprint density at radius 3 is 2.20 bits per heavy atom. The Kier molecular flexibility index (Phi) is 7.41. The van der Waals surface area contributed by atoms with Crippen molar-refractivity contribution in [3.8, 4) is 0 Å². The van der Waals surface area contributed by atoms with Crippen LogP contribution < -0.4 is 0 Å². The molecule has 1 aliphatic carbocycles. The van der Waals surface area contributed by atoms with Gasteiger partial charge in [0.1, 0.15) is 13.2 Å². The molecule has 25 heavy (non-hydrogen) atoms. The Labute approximate surface area is 148 Å². The van der Waals surface area contributed by atoms with Gasteiger partial charge in [0.2, 0.25) is 0 Å². The van der Waals surface area contributed by atoms with Crippen molar-refractivity contribution in [3.05, 3.63) is 59.7 Å². The first-order valence-corrected chi connectivity index (χ1v) is 8.47. The van der Waals surface area contributed by atoms with Gasteiger partial charge in [0, 0.05) is 0 Å². The maximum absolute atomic E-state index is 11.9. The number of ether oxygens (including phenoxy) is 3. The smallest absolute Gasteiger partial charge is 0.338 e. The van der Waals surface area contributed by atoms with Crippen LogP contribution in [0, 0.1) is 0 Å². The molecule has 0 saturated heterocycles. The van der Waals surface area contributed by atoms with E-state index in [1.54, 1.807) is 30.3 Å². The Morgan fingerprint density at radius 1 is 0.960 bits per heavy atom. The Bertz CT molecular complexity index is 633. The molecule has 1 aromatic rings. The van der Waals surface area contributed by atoms with Gasteiger partial charge in [0.15, 0.2) is 0 Å². The Balaban J connectivity index is 1.66. The van der Waals surface area contributed by atoms with Gasteiger partial charge in [-0.25, -0.2) is 9.59 Å². The van der Waals surface area contributed by atoms with Crippen molar-refractivity contribution in [1.82, 2.24) is 0 Å². The molecule has 134 valence electrons. The third-order valence-electron chi connectivity index (χ3n) is 3.60. The van der Waals surface area contributed by atoms with Crippen LogP contribution in [-0.4, -0.2) is 37.4 Å². The molecule has 5 nitrogen and oxygen atoms in total.